The smallest absolute Gasteiger partial charge is 0.242 e. The average molecular weight is 230 g/mol. The zero-order chi connectivity index (χ0) is 11.3. The lowest BCUT2D eigenvalue weighted by atomic mass is 10.3. The number of carbonyl (C=O) groups excluding carboxylic acids is 2. The molecule has 15 heavy (non-hydrogen) atoms. The Hall–Kier alpha value is -0.710. The first-order valence-corrected chi connectivity index (χ1v) is 6.40. The number of hydrogen-bond acceptors (Lipinski definition) is 3. The molecule has 0 atom stereocenters. The minimum Gasteiger partial charge on any atom is -0.335 e. The molecule has 0 saturated carbocycles. The molecule has 86 valence electrons. The van der Waals surface area contributed by atoms with Crippen molar-refractivity contribution in [2.24, 2.45) is 0 Å². The van der Waals surface area contributed by atoms with Crippen LogP contribution in [0, 0.1) is 0 Å². The molecule has 0 aliphatic carbocycles. The van der Waals surface area contributed by atoms with Gasteiger partial charge in [-0.2, -0.15) is 11.8 Å². The van der Waals surface area contributed by atoms with Gasteiger partial charge in [0.05, 0.1) is 13.1 Å². The molecule has 0 aromatic rings. The molecule has 5 heteroatoms. The number of thioether (sulfide) groups is 1. The Labute approximate surface area is 95.0 Å². The van der Waals surface area contributed by atoms with Gasteiger partial charge in [-0.1, -0.05) is 6.92 Å². The van der Waals surface area contributed by atoms with Crippen LogP contribution in [0.2, 0.25) is 0 Å². The van der Waals surface area contributed by atoms with Crippen LogP contribution in [0.1, 0.15) is 13.3 Å². The summed E-state index contributed by atoms with van der Waals surface area (Å²) < 4.78 is 0. The van der Waals surface area contributed by atoms with E-state index < -0.39 is 0 Å². The molecule has 0 N–H and O–H groups in total. The number of likely N-dealkylation sites (N-methyl/N-ethyl adjacent to an activating group) is 1. The van der Waals surface area contributed by atoms with E-state index >= 15 is 0 Å². The Bertz CT molecular complexity index is 246. The molecular weight excluding hydrogens is 212 g/mol. The lowest BCUT2D eigenvalue weighted by Crippen LogP contribution is -2.52. The maximum absolute atomic E-state index is 11.5. The molecule has 0 spiro atoms. The summed E-state index contributed by atoms with van der Waals surface area (Å²) in [5, 5.41) is 0. The molecule has 0 aromatic carbocycles. The molecule has 1 aliphatic heterocycles. The SMILES string of the molecule is CCSCCCN1CC(=O)N(C)CC1=O. The highest BCUT2D eigenvalue weighted by Gasteiger charge is 2.26. The summed E-state index contributed by atoms with van der Waals surface area (Å²) in [4.78, 5) is 26.1. The molecule has 1 heterocycles. The standard InChI is InChI=1S/C10H18N2O2S/c1-3-15-6-4-5-12-8-9(13)11(2)7-10(12)14/h3-8H2,1-2H3. The Morgan fingerprint density at radius 3 is 2.67 bits per heavy atom. The Morgan fingerprint density at radius 2 is 2.00 bits per heavy atom. The van der Waals surface area contributed by atoms with Crippen molar-refractivity contribution in [1.82, 2.24) is 9.80 Å². The third-order valence-electron chi connectivity index (χ3n) is 2.40. The van der Waals surface area contributed by atoms with Gasteiger partial charge in [0.25, 0.3) is 0 Å². The summed E-state index contributed by atoms with van der Waals surface area (Å²) in [6.45, 7) is 3.33. The van der Waals surface area contributed by atoms with Crippen LogP contribution < -0.4 is 0 Å². The molecule has 4 nitrogen and oxygen atoms in total. The number of piperazine rings is 1. The fraction of sp³-hybridized carbons (Fsp3) is 0.800. The molecular formula is C10H18N2O2S. The van der Waals surface area contributed by atoms with Crippen LogP contribution in [0.3, 0.4) is 0 Å². The minimum atomic E-state index is 0.0396. The van der Waals surface area contributed by atoms with Crippen molar-refractivity contribution in [1.29, 1.82) is 0 Å². The maximum atomic E-state index is 11.5. The van der Waals surface area contributed by atoms with Crippen molar-refractivity contribution in [2.45, 2.75) is 13.3 Å². The predicted molar refractivity (Wildman–Crippen MR) is 61.8 cm³/mol. The van der Waals surface area contributed by atoms with Gasteiger partial charge < -0.3 is 9.80 Å². The highest BCUT2D eigenvalue weighted by molar-refractivity contribution is 7.99. The molecule has 0 aromatic heterocycles. The van der Waals surface area contributed by atoms with Gasteiger partial charge in [-0.05, 0) is 17.9 Å². The summed E-state index contributed by atoms with van der Waals surface area (Å²) >= 11 is 1.87. The fourth-order valence-corrected chi connectivity index (χ4v) is 2.09. The van der Waals surface area contributed by atoms with Crippen molar-refractivity contribution in [3.05, 3.63) is 0 Å². The number of nitrogens with zero attached hydrogens (tertiary/aromatic N) is 2. The van der Waals surface area contributed by atoms with E-state index in [1.54, 1.807) is 11.9 Å². The number of carbonyl (C=O) groups is 2. The molecule has 1 saturated heterocycles. The molecule has 2 amide bonds. The van der Waals surface area contributed by atoms with Crippen LogP contribution in [0.5, 0.6) is 0 Å². The van der Waals surface area contributed by atoms with E-state index in [-0.39, 0.29) is 24.9 Å². The molecule has 0 bridgehead atoms. The molecule has 1 rings (SSSR count). The molecule has 0 unspecified atom stereocenters. The summed E-state index contributed by atoms with van der Waals surface area (Å²) in [6, 6.07) is 0. The normalized spacial score (nSPS) is 17.5. The van der Waals surface area contributed by atoms with Crippen molar-refractivity contribution >= 4 is 23.6 Å². The number of rotatable bonds is 5. The van der Waals surface area contributed by atoms with Crippen LogP contribution in [0.15, 0.2) is 0 Å². The first kappa shape index (κ1) is 12.4. The second kappa shape index (κ2) is 6.00. The largest absolute Gasteiger partial charge is 0.335 e. The Kier molecular flexibility index (Phi) is 4.94. The van der Waals surface area contributed by atoms with Crippen LogP contribution >= 0.6 is 11.8 Å². The van der Waals surface area contributed by atoms with Gasteiger partial charge in [-0.3, -0.25) is 9.59 Å². The monoisotopic (exact) mass is 230 g/mol. The van der Waals surface area contributed by atoms with E-state index in [4.69, 9.17) is 0 Å². The van der Waals surface area contributed by atoms with Gasteiger partial charge in [0.2, 0.25) is 11.8 Å². The first-order chi connectivity index (χ1) is 7.15. The van der Waals surface area contributed by atoms with E-state index in [1.165, 1.54) is 4.90 Å². The fourth-order valence-electron chi connectivity index (χ4n) is 1.47. The van der Waals surface area contributed by atoms with Crippen molar-refractivity contribution < 1.29 is 9.59 Å². The Morgan fingerprint density at radius 1 is 1.27 bits per heavy atom. The molecule has 0 radical (unpaired) electrons. The lowest BCUT2D eigenvalue weighted by molar-refractivity contribution is -0.148. The van der Waals surface area contributed by atoms with Crippen LogP contribution in [0.4, 0.5) is 0 Å². The number of hydrogen-bond donors (Lipinski definition) is 0. The zero-order valence-corrected chi connectivity index (χ0v) is 10.2. The van der Waals surface area contributed by atoms with E-state index in [0.717, 1.165) is 17.9 Å². The average Bonchev–Trinajstić information content (AvgIpc) is 2.20. The van der Waals surface area contributed by atoms with Crippen LogP contribution in [0.25, 0.3) is 0 Å². The van der Waals surface area contributed by atoms with E-state index in [9.17, 15) is 9.59 Å². The third kappa shape index (κ3) is 3.74. The van der Waals surface area contributed by atoms with Gasteiger partial charge in [0.1, 0.15) is 0 Å². The highest BCUT2D eigenvalue weighted by atomic mass is 32.2. The quantitative estimate of drug-likeness (QED) is 0.643. The van der Waals surface area contributed by atoms with Crippen molar-refractivity contribution in [2.75, 3.05) is 38.2 Å². The second-order valence-corrected chi connectivity index (χ2v) is 5.01. The predicted octanol–water partition coefficient (Wildman–Crippen LogP) is 0.430. The van der Waals surface area contributed by atoms with Crippen LogP contribution in [-0.2, 0) is 9.59 Å². The second-order valence-electron chi connectivity index (χ2n) is 3.62. The third-order valence-corrected chi connectivity index (χ3v) is 3.38. The van der Waals surface area contributed by atoms with E-state index in [0.29, 0.717) is 6.54 Å². The summed E-state index contributed by atoms with van der Waals surface area (Å²) in [7, 11) is 1.67. The summed E-state index contributed by atoms with van der Waals surface area (Å²) in [5.74, 6) is 2.27. The molecule has 1 aliphatic rings. The zero-order valence-electron chi connectivity index (χ0n) is 9.36. The first-order valence-electron chi connectivity index (χ1n) is 5.24. The number of amides is 2. The van der Waals surface area contributed by atoms with Gasteiger partial charge in [0, 0.05) is 13.6 Å². The van der Waals surface area contributed by atoms with E-state index in [2.05, 4.69) is 6.92 Å². The Balaban J connectivity index is 2.29. The maximum Gasteiger partial charge on any atom is 0.242 e. The minimum absolute atomic E-state index is 0.0396. The van der Waals surface area contributed by atoms with Crippen LogP contribution in [-0.4, -0.2) is 59.8 Å². The van der Waals surface area contributed by atoms with Crippen molar-refractivity contribution in [3.8, 4) is 0 Å². The highest BCUT2D eigenvalue weighted by Crippen LogP contribution is 2.06. The summed E-state index contributed by atoms with van der Waals surface area (Å²) in [6.07, 6.45) is 0.973. The molecule has 1 fully saturated rings. The van der Waals surface area contributed by atoms with Crippen molar-refractivity contribution in [3.63, 3.8) is 0 Å². The van der Waals surface area contributed by atoms with Gasteiger partial charge in [-0.15, -0.1) is 0 Å². The lowest BCUT2D eigenvalue weighted by Gasteiger charge is -2.31. The van der Waals surface area contributed by atoms with Gasteiger partial charge in [-0.25, -0.2) is 0 Å². The van der Waals surface area contributed by atoms with Gasteiger partial charge >= 0.3 is 0 Å². The van der Waals surface area contributed by atoms with E-state index in [1.807, 2.05) is 11.8 Å². The summed E-state index contributed by atoms with van der Waals surface area (Å²) in [5.41, 5.74) is 0. The topological polar surface area (TPSA) is 40.6 Å². The van der Waals surface area contributed by atoms with Gasteiger partial charge in [0.15, 0.2) is 0 Å².